The standard InChI is InChI=1S/C13H10N6O/c20-13(10-2-1-3-14-7-10)18-11-6-12(17-8-16-11)19-5-4-15-9-19/h1-9H,(H,16,17,18,20). The fourth-order valence-electron chi connectivity index (χ4n) is 1.64. The van der Waals surface area contributed by atoms with Gasteiger partial charge in [-0.3, -0.25) is 14.3 Å². The van der Waals surface area contributed by atoms with Gasteiger partial charge >= 0.3 is 0 Å². The van der Waals surface area contributed by atoms with E-state index in [1.54, 1.807) is 47.7 Å². The number of hydrogen-bond donors (Lipinski definition) is 1. The summed E-state index contributed by atoms with van der Waals surface area (Å²) in [5, 5.41) is 2.70. The topological polar surface area (TPSA) is 85.6 Å². The van der Waals surface area contributed by atoms with E-state index < -0.39 is 0 Å². The molecule has 7 nitrogen and oxygen atoms in total. The molecule has 98 valence electrons. The number of imidazole rings is 1. The Kier molecular flexibility index (Phi) is 3.15. The molecular weight excluding hydrogens is 256 g/mol. The van der Waals surface area contributed by atoms with Crippen LogP contribution in [0.15, 0.2) is 55.6 Å². The number of hydrogen-bond acceptors (Lipinski definition) is 5. The molecule has 0 aliphatic rings. The Morgan fingerprint density at radius 1 is 1.20 bits per heavy atom. The first kappa shape index (κ1) is 12.0. The molecular formula is C13H10N6O. The van der Waals surface area contributed by atoms with Gasteiger partial charge in [0.05, 0.1) is 5.56 Å². The van der Waals surface area contributed by atoms with Crippen LogP contribution in [0, 0.1) is 0 Å². The van der Waals surface area contributed by atoms with Gasteiger partial charge in [-0.25, -0.2) is 15.0 Å². The smallest absolute Gasteiger partial charge is 0.258 e. The molecule has 20 heavy (non-hydrogen) atoms. The van der Waals surface area contributed by atoms with Crippen molar-refractivity contribution in [2.75, 3.05) is 5.32 Å². The molecule has 0 spiro atoms. The average molecular weight is 266 g/mol. The Bertz CT molecular complexity index is 711. The maximum Gasteiger partial charge on any atom is 0.258 e. The number of carbonyl (C=O) groups excluding carboxylic acids is 1. The highest BCUT2D eigenvalue weighted by molar-refractivity contribution is 6.03. The second kappa shape index (κ2) is 5.27. The molecule has 0 saturated carbocycles. The molecule has 0 saturated heterocycles. The fourth-order valence-corrected chi connectivity index (χ4v) is 1.64. The van der Waals surface area contributed by atoms with Gasteiger partial charge in [-0.05, 0) is 12.1 Å². The van der Waals surface area contributed by atoms with Crippen LogP contribution in [0.1, 0.15) is 10.4 Å². The number of carbonyl (C=O) groups is 1. The lowest BCUT2D eigenvalue weighted by Gasteiger charge is -2.06. The van der Waals surface area contributed by atoms with Gasteiger partial charge < -0.3 is 5.32 Å². The number of aromatic nitrogens is 5. The highest BCUT2D eigenvalue weighted by atomic mass is 16.1. The molecule has 0 bridgehead atoms. The third-order valence-electron chi connectivity index (χ3n) is 2.59. The van der Waals surface area contributed by atoms with Crippen LogP contribution in [0.3, 0.4) is 0 Å². The van der Waals surface area contributed by atoms with E-state index in [1.165, 1.54) is 12.5 Å². The van der Waals surface area contributed by atoms with Crippen molar-refractivity contribution in [1.29, 1.82) is 0 Å². The molecule has 0 fully saturated rings. The van der Waals surface area contributed by atoms with E-state index in [0.717, 1.165) is 0 Å². The van der Waals surface area contributed by atoms with Gasteiger partial charge in [0.15, 0.2) is 0 Å². The van der Waals surface area contributed by atoms with Gasteiger partial charge in [0.25, 0.3) is 5.91 Å². The highest BCUT2D eigenvalue weighted by Gasteiger charge is 2.07. The normalized spacial score (nSPS) is 10.2. The summed E-state index contributed by atoms with van der Waals surface area (Å²) in [5.74, 6) is 0.768. The molecule has 3 aromatic heterocycles. The van der Waals surface area contributed by atoms with Gasteiger partial charge in [0, 0.05) is 30.9 Å². The maximum absolute atomic E-state index is 12.0. The molecule has 3 heterocycles. The van der Waals surface area contributed by atoms with Crippen LogP contribution in [0.4, 0.5) is 5.82 Å². The van der Waals surface area contributed by atoms with E-state index in [1.807, 2.05) is 0 Å². The molecule has 1 N–H and O–H groups in total. The predicted molar refractivity (Wildman–Crippen MR) is 71.3 cm³/mol. The second-order valence-corrected chi connectivity index (χ2v) is 3.93. The van der Waals surface area contributed by atoms with Crippen molar-refractivity contribution in [3.63, 3.8) is 0 Å². The molecule has 3 aromatic rings. The average Bonchev–Trinajstić information content (AvgIpc) is 3.03. The van der Waals surface area contributed by atoms with Crippen molar-refractivity contribution in [2.45, 2.75) is 0 Å². The zero-order valence-electron chi connectivity index (χ0n) is 10.3. The summed E-state index contributed by atoms with van der Waals surface area (Å²) < 4.78 is 1.72. The minimum absolute atomic E-state index is 0.270. The minimum atomic E-state index is -0.270. The third kappa shape index (κ3) is 2.51. The molecule has 7 heteroatoms. The molecule has 0 aromatic carbocycles. The van der Waals surface area contributed by atoms with Crippen LogP contribution in [0.5, 0.6) is 0 Å². The van der Waals surface area contributed by atoms with Crippen molar-refractivity contribution in [3.05, 3.63) is 61.2 Å². The lowest BCUT2D eigenvalue weighted by molar-refractivity contribution is 0.102. The number of anilines is 1. The van der Waals surface area contributed by atoms with Crippen LogP contribution in [0.2, 0.25) is 0 Å². The van der Waals surface area contributed by atoms with E-state index in [0.29, 0.717) is 17.2 Å². The van der Waals surface area contributed by atoms with Gasteiger partial charge in [0.1, 0.15) is 24.3 Å². The van der Waals surface area contributed by atoms with Crippen molar-refractivity contribution >= 4 is 11.7 Å². The summed E-state index contributed by atoms with van der Waals surface area (Å²) in [7, 11) is 0. The first-order chi connectivity index (χ1) is 9.83. The van der Waals surface area contributed by atoms with Crippen LogP contribution in [-0.2, 0) is 0 Å². The summed E-state index contributed by atoms with van der Waals surface area (Å²) in [6.07, 6.45) is 9.51. The summed E-state index contributed by atoms with van der Waals surface area (Å²) in [6.45, 7) is 0. The summed E-state index contributed by atoms with van der Waals surface area (Å²) in [6, 6.07) is 5.04. The molecule has 0 radical (unpaired) electrons. The third-order valence-corrected chi connectivity index (χ3v) is 2.59. The summed E-state index contributed by atoms with van der Waals surface area (Å²) in [4.78, 5) is 28.0. The Morgan fingerprint density at radius 2 is 2.15 bits per heavy atom. The molecule has 0 atom stereocenters. The zero-order chi connectivity index (χ0) is 13.8. The molecule has 0 unspecified atom stereocenters. The van der Waals surface area contributed by atoms with E-state index in [9.17, 15) is 4.79 Å². The summed E-state index contributed by atoms with van der Waals surface area (Å²) >= 11 is 0. The van der Waals surface area contributed by atoms with E-state index in [2.05, 4.69) is 25.3 Å². The van der Waals surface area contributed by atoms with Crippen molar-refractivity contribution in [2.24, 2.45) is 0 Å². The highest BCUT2D eigenvalue weighted by Crippen LogP contribution is 2.09. The summed E-state index contributed by atoms with van der Waals surface area (Å²) in [5.41, 5.74) is 0.468. The van der Waals surface area contributed by atoms with Crippen molar-refractivity contribution in [3.8, 4) is 5.82 Å². The molecule has 0 aliphatic carbocycles. The predicted octanol–water partition coefficient (Wildman–Crippen LogP) is 1.31. The first-order valence-corrected chi connectivity index (χ1v) is 5.85. The second-order valence-electron chi connectivity index (χ2n) is 3.93. The molecule has 3 rings (SSSR count). The van der Waals surface area contributed by atoms with Gasteiger partial charge in [-0.2, -0.15) is 0 Å². The number of pyridine rings is 1. The number of nitrogens with zero attached hydrogens (tertiary/aromatic N) is 5. The van der Waals surface area contributed by atoms with Crippen LogP contribution < -0.4 is 5.32 Å². The van der Waals surface area contributed by atoms with Crippen LogP contribution in [0.25, 0.3) is 5.82 Å². The Hall–Kier alpha value is -3.09. The van der Waals surface area contributed by atoms with E-state index in [-0.39, 0.29) is 5.91 Å². The number of rotatable bonds is 3. The minimum Gasteiger partial charge on any atom is -0.306 e. The van der Waals surface area contributed by atoms with Gasteiger partial charge in [-0.1, -0.05) is 0 Å². The zero-order valence-corrected chi connectivity index (χ0v) is 10.3. The Balaban J connectivity index is 1.82. The van der Waals surface area contributed by atoms with E-state index in [4.69, 9.17) is 0 Å². The Morgan fingerprint density at radius 3 is 2.90 bits per heavy atom. The molecule has 0 aliphatic heterocycles. The number of amides is 1. The molecule has 1 amide bonds. The lowest BCUT2D eigenvalue weighted by Crippen LogP contribution is -2.13. The van der Waals surface area contributed by atoms with Crippen LogP contribution >= 0.6 is 0 Å². The van der Waals surface area contributed by atoms with E-state index >= 15 is 0 Å². The van der Waals surface area contributed by atoms with Crippen molar-refractivity contribution < 1.29 is 4.79 Å². The fraction of sp³-hybridized carbons (Fsp3) is 0. The van der Waals surface area contributed by atoms with Gasteiger partial charge in [0.2, 0.25) is 0 Å². The first-order valence-electron chi connectivity index (χ1n) is 5.85. The monoisotopic (exact) mass is 266 g/mol. The SMILES string of the molecule is O=C(Nc1cc(-n2ccnc2)ncn1)c1cccnc1. The van der Waals surface area contributed by atoms with Crippen LogP contribution in [-0.4, -0.2) is 30.4 Å². The van der Waals surface area contributed by atoms with Crippen molar-refractivity contribution in [1.82, 2.24) is 24.5 Å². The van der Waals surface area contributed by atoms with Gasteiger partial charge in [-0.15, -0.1) is 0 Å². The Labute approximate surface area is 114 Å². The quantitative estimate of drug-likeness (QED) is 0.772. The largest absolute Gasteiger partial charge is 0.306 e. The number of nitrogens with one attached hydrogen (secondary N) is 1. The lowest BCUT2D eigenvalue weighted by atomic mass is 10.3. The maximum atomic E-state index is 12.0.